The van der Waals surface area contributed by atoms with E-state index >= 15 is 0 Å². The van der Waals surface area contributed by atoms with Crippen molar-refractivity contribution in [3.63, 3.8) is 0 Å². The van der Waals surface area contributed by atoms with Crippen LogP contribution in [-0.4, -0.2) is 32.4 Å². The summed E-state index contributed by atoms with van der Waals surface area (Å²) in [6, 6.07) is 26.0. The third-order valence-electron chi connectivity index (χ3n) is 5.88. The third kappa shape index (κ3) is 8.36. The Bertz CT molecular complexity index is 1090. The first-order valence-corrected chi connectivity index (χ1v) is 11.8. The van der Waals surface area contributed by atoms with Crippen molar-refractivity contribution in [2.75, 3.05) is 21.1 Å². The summed E-state index contributed by atoms with van der Waals surface area (Å²) in [5.41, 5.74) is 12.4. The van der Waals surface area contributed by atoms with Gasteiger partial charge in [0.1, 0.15) is 0 Å². The Balaban J connectivity index is 0.00000114. The van der Waals surface area contributed by atoms with E-state index in [4.69, 9.17) is 5.41 Å². The van der Waals surface area contributed by atoms with E-state index in [9.17, 15) is 0 Å². The smallest absolute Gasteiger partial charge is 0.0856 e. The molecule has 3 aromatic rings. The molecular formula is C31H42N4. The van der Waals surface area contributed by atoms with E-state index in [0.29, 0.717) is 6.42 Å². The molecule has 4 nitrogen and oxygen atoms in total. The second-order valence-corrected chi connectivity index (χ2v) is 8.50. The van der Waals surface area contributed by atoms with Gasteiger partial charge in [-0.3, -0.25) is 5.41 Å². The van der Waals surface area contributed by atoms with E-state index in [1.54, 1.807) is 11.0 Å². The summed E-state index contributed by atoms with van der Waals surface area (Å²) in [7, 11) is 5.33. The van der Waals surface area contributed by atoms with Crippen molar-refractivity contribution in [2.24, 2.45) is 5.73 Å². The Hall–Kier alpha value is -3.47. The maximum Gasteiger partial charge on any atom is 0.0856 e. The standard InChI is InChI=1S/C27H31N3.C3H6.CH5N/c1-20-12-14-22(15-13-20)23-8-6-9-24(16-23)25-10-7-11-26(17-25)27(3,29-4)18-21(2)30(5)19-28;1-3-2;1-2/h6-17,19,28-29H,2,18H2,1,3-5H3;3H,1H2,2H3;2H2,1H3. The summed E-state index contributed by atoms with van der Waals surface area (Å²) in [6.45, 7) is 13.7. The Labute approximate surface area is 212 Å². The van der Waals surface area contributed by atoms with Crippen molar-refractivity contribution in [3.05, 3.63) is 109 Å². The van der Waals surface area contributed by atoms with Crippen LogP contribution in [0.4, 0.5) is 0 Å². The molecule has 4 N–H and O–H groups in total. The fourth-order valence-electron chi connectivity index (χ4n) is 3.63. The molecule has 0 aliphatic carbocycles. The molecule has 3 rings (SSSR count). The predicted molar refractivity (Wildman–Crippen MR) is 155 cm³/mol. The van der Waals surface area contributed by atoms with E-state index in [-0.39, 0.29) is 5.54 Å². The van der Waals surface area contributed by atoms with Gasteiger partial charge in [0.15, 0.2) is 0 Å². The molecule has 0 bridgehead atoms. The van der Waals surface area contributed by atoms with E-state index in [1.165, 1.54) is 46.8 Å². The van der Waals surface area contributed by atoms with Crippen LogP contribution in [0.3, 0.4) is 0 Å². The van der Waals surface area contributed by atoms with Crippen LogP contribution in [0.15, 0.2) is 97.7 Å². The summed E-state index contributed by atoms with van der Waals surface area (Å²) < 4.78 is 0. The fraction of sp³-hybridized carbons (Fsp3) is 0.258. The van der Waals surface area contributed by atoms with Gasteiger partial charge >= 0.3 is 0 Å². The normalized spacial score (nSPS) is 11.5. The van der Waals surface area contributed by atoms with Gasteiger partial charge in [0.2, 0.25) is 0 Å². The van der Waals surface area contributed by atoms with Crippen molar-refractivity contribution >= 4 is 6.34 Å². The van der Waals surface area contributed by atoms with Gasteiger partial charge < -0.3 is 16.0 Å². The zero-order valence-corrected chi connectivity index (χ0v) is 22.2. The van der Waals surface area contributed by atoms with Crippen LogP contribution >= 0.6 is 0 Å². The van der Waals surface area contributed by atoms with E-state index in [2.05, 4.69) is 111 Å². The maximum absolute atomic E-state index is 7.48. The summed E-state index contributed by atoms with van der Waals surface area (Å²) in [5.74, 6) is 0. The highest BCUT2D eigenvalue weighted by Crippen LogP contribution is 2.32. The number of benzene rings is 3. The molecule has 0 saturated carbocycles. The van der Waals surface area contributed by atoms with Gasteiger partial charge in [-0.05, 0) is 74.8 Å². The molecule has 4 heteroatoms. The monoisotopic (exact) mass is 470 g/mol. The van der Waals surface area contributed by atoms with Crippen molar-refractivity contribution < 1.29 is 0 Å². The first-order chi connectivity index (χ1) is 16.8. The number of nitrogens with one attached hydrogen (secondary N) is 2. The summed E-state index contributed by atoms with van der Waals surface area (Å²) in [6.07, 6.45) is 3.76. The molecule has 186 valence electrons. The highest BCUT2D eigenvalue weighted by Gasteiger charge is 2.26. The highest BCUT2D eigenvalue weighted by atomic mass is 15.1. The molecule has 1 atom stereocenters. The molecule has 0 amide bonds. The minimum absolute atomic E-state index is 0.279. The number of aryl methyl sites for hydroxylation is 1. The van der Waals surface area contributed by atoms with Gasteiger partial charge in [-0.15, -0.1) is 6.58 Å². The lowest BCUT2D eigenvalue weighted by Gasteiger charge is -2.33. The molecule has 0 aliphatic heterocycles. The largest absolute Gasteiger partial charge is 0.340 e. The molecule has 0 heterocycles. The number of hydrogen-bond acceptors (Lipinski definition) is 3. The predicted octanol–water partition coefficient (Wildman–Crippen LogP) is 6.97. The van der Waals surface area contributed by atoms with Gasteiger partial charge in [-0.25, -0.2) is 0 Å². The molecule has 0 aliphatic rings. The average Bonchev–Trinajstić information content (AvgIpc) is 2.90. The Morgan fingerprint density at radius 2 is 1.46 bits per heavy atom. The van der Waals surface area contributed by atoms with Gasteiger partial charge in [0, 0.05) is 24.7 Å². The Morgan fingerprint density at radius 1 is 0.971 bits per heavy atom. The van der Waals surface area contributed by atoms with Crippen LogP contribution < -0.4 is 11.1 Å². The zero-order chi connectivity index (χ0) is 26.4. The van der Waals surface area contributed by atoms with Crippen LogP contribution in [0.1, 0.15) is 31.4 Å². The quantitative estimate of drug-likeness (QED) is 0.189. The lowest BCUT2D eigenvalue weighted by molar-refractivity contribution is 0.370. The second kappa shape index (κ2) is 14.7. The van der Waals surface area contributed by atoms with E-state index < -0.39 is 0 Å². The fourth-order valence-corrected chi connectivity index (χ4v) is 3.63. The number of allylic oxidation sites excluding steroid dienone is 1. The summed E-state index contributed by atoms with van der Waals surface area (Å²) in [4.78, 5) is 1.75. The number of hydrogen-bond donors (Lipinski definition) is 3. The van der Waals surface area contributed by atoms with Crippen molar-refractivity contribution in [1.29, 1.82) is 5.41 Å². The first-order valence-electron chi connectivity index (χ1n) is 11.8. The van der Waals surface area contributed by atoms with E-state index in [0.717, 1.165) is 5.70 Å². The van der Waals surface area contributed by atoms with Crippen LogP contribution in [0.25, 0.3) is 22.3 Å². The minimum Gasteiger partial charge on any atom is -0.340 e. The van der Waals surface area contributed by atoms with Crippen molar-refractivity contribution in [1.82, 2.24) is 10.2 Å². The van der Waals surface area contributed by atoms with Gasteiger partial charge in [0.25, 0.3) is 0 Å². The van der Waals surface area contributed by atoms with Crippen LogP contribution in [-0.2, 0) is 5.54 Å². The molecule has 0 aromatic heterocycles. The maximum atomic E-state index is 7.48. The van der Waals surface area contributed by atoms with Crippen LogP contribution in [0, 0.1) is 12.3 Å². The topological polar surface area (TPSA) is 65.1 Å². The lowest BCUT2D eigenvalue weighted by Crippen LogP contribution is -2.38. The Kier molecular flexibility index (Phi) is 12.4. The second-order valence-electron chi connectivity index (χ2n) is 8.50. The molecule has 0 fully saturated rings. The first kappa shape index (κ1) is 29.6. The van der Waals surface area contributed by atoms with E-state index in [1.807, 2.05) is 21.0 Å². The summed E-state index contributed by atoms with van der Waals surface area (Å²) >= 11 is 0. The number of nitrogens with two attached hydrogens (primary N) is 1. The molecule has 1 unspecified atom stereocenters. The van der Waals surface area contributed by atoms with Crippen LogP contribution in [0.5, 0.6) is 0 Å². The molecule has 3 aromatic carbocycles. The van der Waals surface area contributed by atoms with Crippen molar-refractivity contribution in [3.8, 4) is 22.3 Å². The minimum atomic E-state index is -0.279. The van der Waals surface area contributed by atoms with Crippen LogP contribution in [0.2, 0.25) is 0 Å². The van der Waals surface area contributed by atoms with Gasteiger partial charge in [-0.1, -0.05) is 78.9 Å². The zero-order valence-electron chi connectivity index (χ0n) is 22.2. The van der Waals surface area contributed by atoms with Gasteiger partial charge in [0.05, 0.1) is 6.34 Å². The summed E-state index contributed by atoms with van der Waals surface area (Å²) in [5, 5.41) is 10.9. The lowest BCUT2D eigenvalue weighted by atomic mass is 9.85. The highest BCUT2D eigenvalue weighted by molar-refractivity contribution is 5.73. The van der Waals surface area contributed by atoms with Gasteiger partial charge in [-0.2, -0.15) is 0 Å². The molecule has 0 saturated heterocycles. The third-order valence-corrected chi connectivity index (χ3v) is 5.88. The number of rotatable bonds is 8. The molecule has 35 heavy (non-hydrogen) atoms. The molecular weight excluding hydrogens is 428 g/mol. The molecule has 0 spiro atoms. The SMILES string of the molecule is C=C(CC(C)(NC)c1cccc(-c2cccc(-c3ccc(C)cc3)c2)c1)N(C)C=N.C=CC.CN. The van der Waals surface area contributed by atoms with Crippen molar-refractivity contribution in [2.45, 2.75) is 32.7 Å². The average molecular weight is 471 g/mol. The Morgan fingerprint density at radius 3 is 1.97 bits per heavy atom. The molecule has 0 radical (unpaired) electrons. The number of nitrogens with zero attached hydrogens (tertiary/aromatic N) is 1.